The van der Waals surface area contributed by atoms with E-state index in [-0.39, 0.29) is 11.7 Å². The number of carbonyl (C=O) groups is 1. The van der Waals surface area contributed by atoms with E-state index in [0.717, 1.165) is 23.3 Å². The van der Waals surface area contributed by atoms with Crippen LogP contribution in [0.1, 0.15) is 39.0 Å². The van der Waals surface area contributed by atoms with Crippen LogP contribution in [0.5, 0.6) is 0 Å². The van der Waals surface area contributed by atoms with Crippen LogP contribution in [0.25, 0.3) is 0 Å². The lowest BCUT2D eigenvalue weighted by atomic mass is 9.90. The van der Waals surface area contributed by atoms with Gasteiger partial charge in [0.2, 0.25) is 10.0 Å². The number of amides is 1. The molecular formula is C21H26N2O3S2. The van der Waals surface area contributed by atoms with Crippen molar-refractivity contribution in [2.45, 2.75) is 31.9 Å². The lowest BCUT2D eigenvalue weighted by molar-refractivity contribution is 0.0702. The van der Waals surface area contributed by atoms with Crippen molar-refractivity contribution < 1.29 is 13.2 Å². The average molecular weight is 419 g/mol. The minimum Gasteiger partial charge on any atom is -0.335 e. The van der Waals surface area contributed by atoms with Crippen molar-refractivity contribution >= 4 is 27.3 Å². The molecule has 5 nitrogen and oxygen atoms in total. The number of piperazine rings is 1. The van der Waals surface area contributed by atoms with Crippen LogP contribution in [0.2, 0.25) is 0 Å². The molecule has 0 spiro atoms. The molecular weight excluding hydrogens is 392 g/mol. The first-order chi connectivity index (χ1) is 13.4. The molecule has 1 aliphatic heterocycles. The number of thiophene rings is 1. The van der Waals surface area contributed by atoms with Crippen LogP contribution in [-0.4, -0.2) is 49.7 Å². The van der Waals surface area contributed by atoms with Gasteiger partial charge in [0.25, 0.3) is 5.91 Å². The first-order valence-corrected chi connectivity index (χ1v) is 12.3. The summed E-state index contributed by atoms with van der Waals surface area (Å²) < 4.78 is 26.9. The van der Waals surface area contributed by atoms with Crippen LogP contribution in [0.4, 0.5) is 0 Å². The molecule has 2 aliphatic rings. The van der Waals surface area contributed by atoms with E-state index in [9.17, 15) is 13.2 Å². The smallest absolute Gasteiger partial charge is 0.264 e. The Morgan fingerprint density at radius 1 is 1.14 bits per heavy atom. The van der Waals surface area contributed by atoms with Crippen molar-refractivity contribution in [2.75, 3.05) is 26.2 Å². The predicted molar refractivity (Wildman–Crippen MR) is 112 cm³/mol. The van der Waals surface area contributed by atoms with E-state index >= 15 is 0 Å². The number of carbonyl (C=O) groups excluding carboxylic acids is 1. The van der Waals surface area contributed by atoms with Gasteiger partial charge in [-0.3, -0.25) is 4.79 Å². The summed E-state index contributed by atoms with van der Waals surface area (Å²) in [5.74, 6) is 0.744. The predicted octanol–water partition coefficient (Wildman–Crippen LogP) is 3.16. The van der Waals surface area contributed by atoms with Gasteiger partial charge in [-0.05, 0) is 42.4 Å². The second-order valence-electron chi connectivity index (χ2n) is 7.84. The van der Waals surface area contributed by atoms with E-state index < -0.39 is 10.0 Å². The number of fused-ring (bicyclic) bond motifs is 1. The maximum atomic E-state index is 12.9. The Bertz CT molecular complexity index is 945. The van der Waals surface area contributed by atoms with Gasteiger partial charge in [-0.2, -0.15) is 4.31 Å². The number of hydrogen-bond donors (Lipinski definition) is 0. The molecule has 2 heterocycles. The summed E-state index contributed by atoms with van der Waals surface area (Å²) >= 11 is 1.62. The molecule has 0 bridgehead atoms. The van der Waals surface area contributed by atoms with Crippen molar-refractivity contribution in [3.8, 4) is 0 Å². The Balaban J connectivity index is 1.38. The highest BCUT2D eigenvalue weighted by Gasteiger charge is 2.30. The van der Waals surface area contributed by atoms with Crippen LogP contribution in [0.15, 0.2) is 36.4 Å². The third-order valence-corrected chi connectivity index (χ3v) is 8.73. The highest BCUT2D eigenvalue weighted by atomic mass is 32.2. The molecule has 0 unspecified atom stereocenters. The Labute approximate surface area is 171 Å². The summed E-state index contributed by atoms with van der Waals surface area (Å²) in [5.41, 5.74) is 2.12. The standard InChI is InChI=1S/C21H26N2O3S2/c1-16-7-8-19-18(13-16)14-20(27-19)21(24)22-9-11-23(12-10-22)28(25,26)15-17-5-3-2-4-6-17/h2-6,14,16H,7-13,15H2,1H3/t16-/m1/s1. The molecule has 0 radical (unpaired) electrons. The van der Waals surface area contributed by atoms with E-state index in [1.807, 2.05) is 30.3 Å². The van der Waals surface area contributed by atoms with Gasteiger partial charge in [-0.1, -0.05) is 37.3 Å². The van der Waals surface area contributed by atoms with E-state index in [2.05, 4.69) is 13.0 Å². The third-order valence-electron chi connectivity index (χ3n) is 5.65. The molecule has 1 fully saturated rings. The summed E-state index contributed by atoms with van der Waals surface area (Å²) in [6, 6.07) is 11.3. The number of rotatable bonds is 4. The Morgan fingerprint density at radius 3 is 2.57 bits per heavy atom. The minimum absolute atomic E-state index is 0.0115. The molecule has 1 aromatic carbocycles. The fourth-order valence-electron chi connectivity index (χ4n) is 4.01. The zero-order valence-electron chi connectivity index (χ0n) is 16.1. The largest absolute Gasteiger partial charge is 0.335 e. The van der Waals surface area contributed by atoms with E-state index in [0.29, 0.717) is 32.1 Å². The molecule has 1 amide bonds. The van der Waals surface area contributed by atoms with Crippen LogP contribution < -0.4 is 0 Å². The van der Waals surface area contributed by atoms with Crippen molar-refractivity contribution in [1.82, 2.24) is 9.21 Å². The second kappa shape index (κ2) is 7.97. The molecule has 4 rings (SSSR count). The Kier molecular flexibility index (Phi) is 5.58. The summed E-state index contributed by atoms with van der Waals surface area (Å²) in [4.78, 5) is 16.9. The van der Waals surface area contributed by atoms with E-state index in [1.54, 1.807) is 16.2 Å². The van der Waals surface area contributed by atoms with Gasteiger partial charge in [0, 0.05) is 31.1 Å². The molecule has 1 aromatic heterocycles. The number of sulfonamides is 1. The highest BCUT2D eigenvalue weighted by Crippen LogP contribution is 2.33. The Morgan fingerprint density at radius 2 is 1.86 bits per heavy atom. The number of benzene rings is 1. The topological polar surface area (TPSA) is 57.7 Å². The van der Waals surface area contributed by atoms with Crippen LogP contribution >= 0.6 is 11.3 Å². The molecule has 1 saturated heterocycles. The summed E-state index contributed by atoms with van der Waals surface area (Å²) in [6.07, 6.45) is 3.32. The molecule has 150 valence electrons. The van der Waals surface area contributed by atoms with Crippen molar-refractivity contribution in [3.63, 3.8) is 0 Å². The molecule has 7 heteroatoms. The number of nitrogens with zero attached hydrogens (tertiary/aromatic N) is 2. The lowest BCUT2D eigenvalue weighted by Crippen LogP contribution is -2.50. The first-order valence-electron chi connectivity index (χ1n) is 9.85. The molecule has 0 saturated carbocycles. The normalized spacial score (nSPS) is 20.8. The minimum atomic E-state index is -3.36. The molecule has 0 N–H and O–H groups in total. The van der Waals surface area contributed by atoms with Gasteiger partial charge in [-0.25, -0.2) is 8.42 Å². The number of hydrogen-bond acceptors (Lipinski definition) is 4. The third kappa shape index (κ3) is 4.16. The van der Waals surface area contributed by atoms with E-state index in [1.165, 1.54) is 21.2 Å². The van der Waals surface area contributed by atoms with E-state index in [4.69, 9.17) is 0 Å². The summed E-state index contributed by atoms with van der Waals surface area (Å²) in [6.45, 7) is 3.89. The average Bonchev–Trinajstić information content (AvgIpc) is 3.11. The first kappa shape index (κ1) is 19.6. The van der Waals surface area contributed by atoms with Gasteiger partial charge < -0.3 is 4.90 Å². The maximum Gasteiger partial charge on any atom is 0.264 e. The van der Waals surface area contributed by atoms with Crippen molar-refractivity contribution in [2.24, 2.45) is 5.92 Å². The van der Waals surface area contributed by atoms with Crippen molar-refractivity contribution in [1.29, 1.82) is 0 Å². The summed E-state index contributed by atoms with van der Waals surface area (Å²) in [7, 11) is -3.36. The lowest BCUT2D eigenvalue weighted by Gasteiger charge is -2.33. The van der Waals surface area contributed by atoms with Crippen molar-refractivity contribution in [3.05, 3.63) is 57.3 Å². The molecule has 1 aliphatic carbocycles. The maximum absolute atomic E-state index is 12.9. The Hall–Kier alpha value is -1.70. The van der Waals surface area contributed by atoms with Crippen LogP contribution in [0, 0.1) is 5.92 Å². The van der Waals surface area contributed by atoms with Crippen LogP contribution in [0.3, 0.4) is 0 Å². The monoisotopic (exact) mass is 418 g/mol. The molecule has 2 aromatic rings. The van der Waals surface area contributed by atoms with Gasteiger partial charge in [0.15, 0.2) is 0 Å². The molecule has 1 atom stereocenters. The van der Waals surface area contributed by atoms with Crippen LogP contribution in [-0.2, 0) is 28.6 Å². The van der Waals surface area contributed by atoms with Gasteiger partial charge in [0.1, 0.15) is 0 Å². The zero-order valence-corrected chi connectivity index (χ0v) is 17.8. The quantitative estimate of drug-likeness (QED) is 0.766. The fourth-order valence-corrected chi connectivity index (χ4v) is 6.70. The second-order valence-corrected chi connectivity index (χ2v) is 10.9. The number of aryl methyl sites for hydroxylation is 1. The van der Waals surface area contributed by atoms with Gasteiger partial charge >= 0.3 is 0 Å². The SMILES string of the molecule is C[C@@H]1CCc2sc(C(=O)N3CCN(S(=O)(=O)Cc4ccccc4)CC3)cc2C1. The fraction of sp³-hybridized carbons (Fsp3) is 0.476. The van der Waals surface area contributed by atoms with Gasteiger partial charge in [-0.15, -0.1) is 11.3 Å². The zero-order chi connectivity index (χ0) is 19.7. The van der Waals surface area contributed by atoms with Gasteiger partial charge in [0.05, 0.1) is 10.6 Å². The summed E-state index contributed by atoms with van der Waals surface area (Å²) in [5, 5.41) is 0. The highest BCUT2D eigenvalue weighted by molar-refractivity contribution is 7.88. The molecule has 28 heavy (non-hydrogen) atoms.